The first-order chi connectivity index (χ1) is 14.5. The molecule has 3 aliphatic rings. The monoisotopic (exact) mass is 401 g/mol. The lowest BCUT2D eigenvalue weighted by Crippen LogP contribution is -2.63. The number of anilines is 1. The summed E-state index contributed by atoms with van der Waals surface area (Å²) in [4.78, 5) is 38.1. The highest BCUT2D eigenvalue weighted by Gasteiger charge is 2.54. The van der Waals surface area contributed by atoms with Gasteiger partial charge in [0.15, 0.2) is 12.2 Å². The maximum atomic E-state index is 13.4. The van der Waals surface area contributed by atoms with Gasteiger partial charge in [-0.15, -0.1) is 0 Å². The molecule has 7 heteroatoms. The van der Waals surface area contributed by atoms with Crippen molar-refractivity contribution in [1.29, 1.82) is 0 Å². The summed E-state index contributed by atoms with van der Waals surface area (Å²) in [5, 5.41) is 0. The van der Waals surface area contributed by atoms with E-state index in [9.17, 15) is 9.59 Å². The number of amides is 3. The van der Waals surface area contributed by atoms with Crippen LogP contribution in [0.2, 0.25) is 0 Å². The van der Waals surface area contributed by atoms with Crippen LogP contribution in [0.1, 0.15) is 18.1 Å². The third kappa shape index (κ3) is 2.69. The zero-order chi connectivity index (χ0) is 21.0. The van der Waals surface area contributed by atoms with Crippen molar-refractivity contribution < 1.29 is 9.59 Å². The molecule has 0 saturated carbocycles. The standard InChI is InChI=1S/C23H23N5O2/c1-15-8-7-11-18(12-15)28-16(2)13-26-19-20(24-22(26)28)25(3)23(30)27(21(19)29)14-17-9-5-4-6-10-17/h4-13,19-20H,14H2,1-3H3. The number of carbonyl (C=O) groups is 2. The summed E-state index contributed by atoms with van der Waals surface area (Å²) in [6.45, 7) is 4.30. The number of aliphatic imine (C=N–C) groups is 1. The van der Waals surface area contributed by atoms with Gasteiger partial charge in [-0.1, -0.05) is 42.5 Å². The Hall–Kier alpha value is -3.61. The maximum Gasteiger partial charge on any atom is 0.328 e. The van der Waals surface area contributed by atoms with Crippen molar-refractivity contribution in [1.82, 2.24) is 14.7 Å². The molecular weight excluding hydrogens is 378 g/mol. The van der Waals surface area contributed by atoms with Gasteiger partial charge in [0.1, 0.15) is 0 Å². The molecule has 0 N–H and O–H groups in total. The van der Waals surface area contributed by atoms with Crippen LogP contribution in [0.4, 0.5) is 10.5 Å². The third-order valence-corrected chi connectivity index (χ3v) is 5.83. The van der Waals surface area contributed by atoms with Gasteiger partial charge in [-0.05, 0) is 37.1 Å². The van der Waals surface area contributed by atoms with Crippen molar-refractivity contribution in [3.8, 4) is 0 Å². The SMILES string of the molecule is CC1=CN2C(=NC3C2C(=O)N(Cc2ccccc2)C(=O)N3C)N1c1cccc(C)c1. The zero-order valence-corrected chi connectivity index (χ0v) is 17.2. The molecule has 0 aliphatic carbocycles. The topological polar surface area (TPSA) is 59.5 Å². The summed E-state index contributed by atoms with van der Waals surface area (Å²) in [5.41, 5.74) is 4.04. The molecule has 3 aliphatic heterocycles. The summed E-state index contributed by atoms with van der Waals surface area (Å²) in [7, 11) is 1.71. The Morgan fingerprint density at radius 1 is 1.00 bits per heavy atom. The lowest BCUT2D eigenvalue weighted by Gasteiger charge is -2.40. The van der Waals surface area contributed by atoms with Crippen LogP contribution in [-0.2, 0) is 11.3 Å². The molecule has 2 aromatic rings. The van der Waals surface area contributed by atoms with Crippen LogP contribution in [0.15, 0.2) is 71.5 Å². The number of urea groups is 1. The van der Waals surface area contributed by atoms with Crippen LogP contribution >= 0.6 is 0 Å². The highest BCUT2D eigenvalue weighted by atomic mass is 16.2. The van der Waals surface area contributed by atoms with Crippen molar-refractivity contribution in [3.63, 3.8) is 0 Å². The number of aryl methyl sites for hydroxylation is 1. The Morgan fingerprint density at radius 2 is 1.77 bits per heavy atom. The van der Waals surface area contributed by atoms with Crippen molar-refractivity contribution in [2.24, 2.45) is 4.99 Å². The van der Waals surface area contributed by atoms with E-state index in [0.717, 1.165) is 22.5 Å². The van der Waals surface area contributed by atoms with Crippen LogP contribution in [-0.4, -0.2) is 51.9 Å². The van der Waals surface area contributed by atoms with Crippen molar-refractivity contribution >= 4 is 23.6 Å². The Morgan fingerprint density at radius 3 is 2.50 bits per heavy atom. The lowest BCUT2D eigenvalue weighted by molar-refractivity contribution is -0.137. The average molecular weight is 401 g/mol. The molecule has 1 saturated heterocycles. The quantitative estimate of drug-likeness (QED) is 0.793. The number of allylic oxidation sites excluding steroid dienone is 1. The van der Waals surface area contributed by atoms with E-state index in [0.29, 0.717) is 5.96 Å². The number of guanidine groups is 1. The van der Waals surface area contributed by atoms with E-state index in [1.165, 1.54) is 4.90 Å². The summed E-state index contributed by atoms with van der Waals surface area (Å²) in [6.07, 6.45) is 1.41. The van der Waals surface area contributed by atoms with Crippen molar-refractivity contribution in [3.05, 3.63) is 77.6 Å². The van der Waals surface area contributed by atoms with E-state index in [2.05, 4.69) is 6.07 Å². The number of nitrogens with zero attached hydrogens (tertiary/aromatic N) is 5. The average Bonchev–Trinajstić information content (AvgIpc) is 3.25. The second-order valence-corrected chi connectivity index (χ2v) is 7.94. The zero-order valence-electron chi connectivity index (χ0n) is 17.2. The first kappa shape index (κ1) is 18.4. The van der Waals surface area contributed by atoms with Crippen LogP contribution in [0, 0.1) is 6.92 Å². The number of hydrogen-bond donors (Lipinski definition) is 0. The van der Waals surface area contributed by atoms with Gasteiger partial charge in [0, 0.05) is 24.6 Å². The molecular formula is C23H23N5O2. The number of likely N-dealkylation sites (N-methyl/N-ethyl adjacent to an activating group) is 1. The van der Waals surface area contributed by atoms with Gasteiger partial charge in [0.05, 0.1) is 6.54 Å². The van der Waals surface area contributed by atoms with E-state index in [1.54, 1.807) is 11.9 Å². The van der Waals surface area contributed by atoms with Gasteiger partial charge in [0.25, 0.3) is 5.91 Å². The second-order valence-electron chi connectivity index (χ2n) is 7.94. The molecule has 152 valence electrons. The van der Waals surface area contributed by atoms with E-state index in [4.69, 9.17) is 4.99 Å². The van der Waals surface area contributed by atoms with Crippen LogP contribution in [0.5, 0.6) is 0 Å². The second kappa shape index (κ2) is 6.73. The number of benzene rings is 2. The predicted octanol–water partition coefficient (Wildman–Crippen LogP) is 3.14. The van der Waals surface area contributed by atoms with Gasteiger partial charge in [-0.3, -0.25) is 14.6 Å². The predicted molar refractivity (Wildman–Crippen MR) is 114 cm³/mol. The number of imide groups is 1. The number of carbonyl (C=O) groups excluding carboxylic acids is 2. The molecule has 2 aromatic carbocycles. The largest absolute Gasteiger partial charge is 0.328 e. The molecule has 1 fully saturated rings. The highest BCUT2D eigenvalue weighted by molar-refractivity contribution is 6.09. The van der Waals surface area contributed by atoms with Crippen LogP contribution < -0.4 is 4.90 Å². The molecule has 2 unspecified atom stereocenters. The Labute approximate surface area is 175 Å². The molecule has 2 atom stereocenters. The van der Waals surface area contributed by atoms with Gasteiger partial charge >= 0.3 is 6.03 Å². The van der Waals surface area contributed by atoms with Crippen LogP contribution in [0.25, 0.3) is 0 Å². The van der Waals surface area contributed by atoms with Crippen LogP contribution in [0.3, 0.4) is 0 Å². The number of hydrogen-bond acceptors (Lipinski definition) is 5. The minimum atomic E-state index is -0.559. The summed E-state index contributed by atoms with van der Waals surface area (Å²) < 4.78 is 0. The highest BCUT2D eigenvalue weighted by Crippen LogP contribution is 2.36. The fourth-order valence-corrected chi connectivity index (χ4v) is 4.35. The Kier molecular flexibility index (Phi) is 4.13. The van der Waals surface area contributed by atoms with E-state index in [1.807, 2.05) is 78.4 Å². The smallest absolute Gasteiger partial charge is 0.302 e. The summed E-state index contributed by atoms with van der Waals surface area (Å²) in [5.74, 6) is 0.462. The molecule has 0 bridgehead atoms. The molecule has 0 radical (unpaired) electrons. The fraction of sp³-hybridized carbons (Fsp3) is 0.261. The minimum Gasteiger partial charge on any atom is -0.302 e. The van der Waals surface area contributed by atoms with Crippen molar-refractivity contribution in [2.75, 3.05) is 11.9 Å². The molecule has 0 aromatic heterocycles. The number of rotatable bonds is 3. The van der Waals surface area contributed by atoms with Crippen molar-refractivity contribution in [2.45, 2.75) is 32.6 Å². The van der Waals surface area contributed by atoms with Gasteiger partial charge < -0.3 is 9.80 Å². The maximum absolute atomic E-state index is 13.4. The molecule has 30 heavy (non-hydrogen) atoms. The number of fused-ring (bicyclic) bond motifs is 3. The fourth-order valence-electron chi connectivity index (χ4n) is 4.35. The summed E-state index contributed by atoms with van der Waals surface area (Å²) in [6, 6.07) is 16.9. The Balaban J connectivity index is 1.49. The third-order valence-electron chi connectivity index (χ3n) is 5.83. The first-order valence-corrected chi connectivity index (χ1v) is 9.99. The molecule has 5 rings (SSSR count). The molecule has 7 nitrogen and oxygen atoms in total. The molecule has 3 amide bonds. The molecule has 3 heterocycles. The van der Waals surface area contributed by atoms with Gasteiger partial charge in [-0.2, -0.15) is 0 Å². The lowest BCUT2D eigenvalue weighted by atomic mass is 10.1. The minimum absolute atomic E-state index is 0.221. The van der Waals surface area contributed by atoms with E-state index >= 15 is 0 Å². The normalized spacial score (nSPS) is 22.9. The summed E-state index contributed by atoms with van der Waals surface area (Å²) >= 11 is 0. The van der Waals surface area contributed by atoms with Gasteiger partial charge in [0.2, 0.25) is 5.96 Å². The Bertz CT molecular complexity index is 1090. The van der Waals surface area contributed by atoms with E-state index < -0.39 is 12.2 Å². The molecule has 0 spiro atoms. The first-order valence-electron chi connectivity index (χ1n) is 9.99. The van der Waals surface area contributed by atoms with E-state index in [-0.39, 0.29) is 18.5 Å². The van der Waals surface area contributed by atoms with Gasteiger partial charge in [-0.25, -0.2) is 9.79 Å².